The van der Waals surface area contributed by atoms with E-state index in [1.165, 1.54) is 0 Å². The predicted octanol–water partition coefficient (Wildman–Crippen LogP) is 4.67. The molecule has 0 bridgehead atoms. The number of ether oxygens (including phenoxy) is 1. The maximum absolute atomic E-state index is 13.6. The third-order valence-corrected chi connectivity index (χ3v) is 13.3. The molecule has 0 aliphatic carbocycles. The Morgan fingerprint density at radius 3 is 2.47 bits per heavy atom. The normalized spacial score (nSPS) is 23.3. The molecule has 0 spiro atoms. The van der Waals surface area contributed by atoms with E-state index in [1.54, 1.807) is 12.1 Å². The summed E-state index contributed by atoms with van der Waals surface area (Å²) in [5.41, 5.74) is 0.740. The molecule has 2 saturated heterocycles. The van der Waals surface area contributed by atoms with Crippen LogP contribution >= 0.6 is 23.2 Å². The summed E-state index contributed by atoms with van der Waals surface area (Å²) >= 11 is 12.5. The summed E-state index contributed by atoms with van der Waals surface area (Å²) in [5, 5.41) is 13.8. The van der Waals surface area contributed by atoms with Gasteiger partial charge in [-0.3, -0.25) is 9.69 Å². The molecule has 2 heterocycles. The first-order chi connectivity index (χ1) is 17.8. The van der Waals surface area contributed by atoms with E-state index in [-0.39, 0.29) is 23.4 Å². The zero-order valence-corrected chi connectivity index (χ0v) is 25.8. The van der Waals surface area contributed by atoms with Crippen molar-refractivity contribution in [3.05, 3.63) is 33.8 Å². The number of carboxylic acids is 1. The molecule has 1 aromatic rings. The molecule has 3 atom stereocenters. The van der Waals surface area contributed by atoms with E-state index in [1.807, 2.05) is 11.0 Å². The number of nitrogens with zero attached hydrogens (tertiary/aromatic N) is 2. The van der Waals surface area contributed by atoms with E-state index in [2.05, 4.69) is 44.1 Å². The van der Waals surface area contributed by atoms with Crippen molar-refractivity contribution in [2.24, 2.45) is 5.92 Å². The lowest BCUT2D eigenvalue weighted by molar-refractivity contribution is -0.155. The van der Waals surface area contributed by atoms with Gasteiger partial charge >= 0.3 is 5.97 Å². The lowest BCUT2D eigenvalue weighted by Gasteiger charge is -2.37. The van der Waals surface area contributed by atoms with Crippen molar-refractivity contribution in [3.63, 3.8) is 0 Å². The first-order valence-corrected chi connectivity index (χ1v) is 17.1. The van der Waals surface area contributed by atoms with Crippen LogP contribution in [0.1, 0.15) is 45.3 Å². The highest BCUT2D eigenvalue weighted by atomic mass is 35.5. The van der Waals surface area contributed by atoms with Gasteiger partial charge in [0.2, 0.25) is 5.91 Å². The molecule has 2 fully saturated rings. The Morgan fingerprint density at radius 2 is 1.87 bits per heavy atom. The molecule has 1 aromatic carbocycles. The molecule has 0 radical (unpaired) electrons. The van der Waals surface area contributed by atoms with E-state index < -0.39 is 26.5 Å². The highest BCUT2D eigenvalue weighted by Gasteiger charge is 2.38. The minimum atomic E-state index is -1.98. The third kappa shape index (κ3) is 8.40. The molecule has 1 amide bonds. The van der Waals surface area contributed by atoms with E-state index >= 15 is 0 Å². The Balaban J connectivity index is 1.83. The summed E-state index contributed by atoms with van der Waals surface area (Å²) in [6, 6.07) is 5.23. The van der Waals surface area contributed by atoms with Gasteiger partial charge in [-0.2, -0.15) is 0 Å². The number of benzene rings is 1. The van der Waals surface area contributed by atoms with Gasteiger partial charge in [-0.15, -0.1) is 0 Å². The fraction of sp³-hybridized carbons (Fsp3) is 0.704. The van der Waals surface area contributed by atoms with Gasteiger partial charge in [-0.05, 0) is 61.8 Å². The van der Waals surface area contributed by atoms with Crippen LogP contribution in [0.2, 0.25) is 28.2 Å². The summed E-state index contributed by atoms with van der Waals surface area (Å²) < 4.78 is 12.6. The smallest absolute Gasteiger partial charge is 0.334 e. The number of rotatable bonds is 10. The molecule has 8 nitrogen and oxygen atoms in total. The number of amides is 1. The molecule has 11 heteroatoms. The molecule has 2 aliphatic rings. The molecular formula is C27H43Cl2N3O5Si. The van der Waals surface area contributed by atoms with Gasteiger partial charge in [0.15, 0.2) is 14.4 Å². The minimum Gasteiger partial charge on any atom is -0.479 e. The quantitative estimate of drug-likeness (QED) is 0.384. The van der Waals surface area contributed by atoms with Crippen molar-refractivity contribution < 1.29 is 23.9 Å². The second-order valence-corrected chi connectivity index (χ2v) is 17.5. The SMILES string of the molecule is CC(C)(C)[Si](C)(C)OCCN(C[C@H]1CNCC(C(=O)O)O[C@H]1c1ccc(Cl)c(Cl)c1)C(=O)CN1CCCC1. The van der Waals surface area contributed by atoms with Gasteiger partial charge in [0.25, 0.3) is 0 Å². The van der Waals surface area contributed by atoms with Crippen LogP contribution in [0.3, 0.4) is 0 Å². The fourth-order valence-corrected chi connectivity index (χ4v) is 5.99. The third-order valence-electron chi connectivity index (χ3n) is 8.02. The van der Waals surface area contributed by atoms with Gasteiger partial charge < -0.3 is 24.5 Å². The van der Waals surface area contributed by atoms with Gasteiger partial charge in [0, 0.05) is 32.1 Å². The Hall–Kier alpha value is -1.20. The number of carbonyl (C=O) groups is 2. The maximum Gasteiger partial charge on any atom is 0.334 e. The summed E-state index contributed by atoms with van der Waals surface area (Å²) in [4.78, 5) is 29.5. The van der Waals surface area contributed by atoms with Gasteiger partial charge in [-0.1, -0.05) is 50.0 Å². The molecule has 1 unspecified atom stereocenters. The van der Waals surface area contributed by atoms with Crippen LogP contribution in [0.4, 0.5) is 0 Å². The number of likely N-dealkylation sites (tertiary alicyclic amines) is 1. The summed E-state index contributed by atoms with van der Waals surface area (Å²) in [6.07, 6.45) is 0.621. The van der Waals surface area contributed by atoms with Crippen LogP contribution in [0.15, 0.2) is 18.2 Å². The second-order valence-electron chi connectivity index (χ2n) is 11.9. The first-order valence-electron chi connectivity index (χ1n) is 13.5. The summed E-state index contributed by atoms with van der Waals surface area (Å²) in [6.45, 7) is 15.2. The molecule has 3 rings (SSSR count). The van der Waals surface area contributed by atoms with Crippen molar-refractivity contribution in [1.29, 1.82) is 0 Å². The van der Waals surface area contributed by atoms with Gasteiger partial charge in [-0.25, -0.2) is 4.79 Å². The van der Waals surface area contributed by atoms with Crippen LogP contribution in [0.5, 0.6) is 0 Å². The number of halogens is 2. The van der Waals surface area contributed by atoms with Crippen molar-refractivity contribution in [3.8, 4) is 0 Å². The van der Waals surface area contributed by atoms with Gasteiger partial charge in [0.1, 0.15) is 0 Å². The maximum atomic E-state index is 13.6. The Kier molecular flexibility index (Phi) is 11.1. The van der Waals surface area contributed by atoms with Crippen LogP contribution in [0, 0.1) is 5.92 Å². The number of carboxylic acid groups (broad SMARTS) is 1. The molecule has 0 saturated carbocycles. The standard InChI is InChI=1S/C27H43Cl2N3O5Si/c1-27(2,3)38(4,5)36-13-12-32(24(33)18-31-10-6-7-11-31)17-20-15-30-16-23(26(34)35)37-25(20)19-8-9-21(28)22(29)14-19/h8-9,14,20,23,25,30H,6-7,10-13,15-18H2,1-5H3,(H,34,35)/t20-,23?,25+/m1/s1. The van der Waals surface area contributed by atoms with E-state index in [4.69, 9.17) is 32.4 Å². The van der Waals surface area contributed by atoms with Crippen LogP contribution in [-0.2, 0) is 18.8 Å². The minimum absolute atomic E-state index is 0.0534. The van der Waals surface area contributed by atoms with Crippen LogP contribution in [-0.4, -0.2) is 93.6 Å². The molecular weight excluding hydrogens is 545 g/mol. The number of aliphatic carboxylic acids is 1. The number of carbonyl (C=O) groups excluding carboxylic acids is 1. The Bertz CT molecular complexity index is 969. The molecule has 214 valence electrons. The Morgan fingerprint density at radius 1 is 1.18 bits per heavy atom. The average molecular weight is 589 g/mol. The zero-order chi connectivity index (χ0) is 28.1. The number of nitrogens with one attached hydrogen (secondary N) is 1. The lowest BCUT2D eigenvalue weighted by Crippen LogP contribution is -2.47. The number of hydrogen-bond donors (Lipinski definition) is 2. The average Bonchev–Trinajstić information content (AvgIpc) is 3.24. The van der Waals surface area contributed by atoms with Gasteiger partial charge in [0.05, 0.1) is 29.3 Å². The highest BCUT2D eigenvalue weighted by molar-refractivity contribution is 6.74. The van der Waals surface area contributed by atoms with E-state index in [0.717, 1.165) is 31.5 Å². The van der Waals surface area contributed by atoms with Crippen molar-refractivity contribution in [2.45, 2.75) is 64.0 Å². The van der Waals surface area contributed by atoms with Crippen LogP contribution < -0.4 is 5.32 Å². The molecule has 38 heavy (non-hydrogen) atoms. The molecule has 2 aliphatic heterocycles. The second kappa shape index (κ2) is 13.4. The van der Waals surface area contributed by atoms with Crippen LogP contribution in [0.25, 0.3) is 0 Å². The Labute approximate surface area is 238 Å². The predicted molar refractivity (Wildman–Crippen MR) is 153 cm³/mol. The topological polar surface area (TPSA) is 91.3 Å². The van der Waals surface area contributed by atoms with E-state index in [9.17, 15) is 14.7 Å². The van der Waals surface area contributed by atoms with E-state index in [0.29, 0.717) is 42.8 Å². The lowest BCUT2D eigenvalue weighted by atomic mass is 9.94. The largest absolute Gasteiger partial charge is 0.479 e. The van der Waals surface area contributed by atoms with Crippen molar-refractivity contribution in [1.82, 2.24) is 15.1 Å². The molecule has 0 aromatic heterocycles. The summed E-state index contributed by atoms with van der Waals surface area (Å²) in [5.74, 6) is -1.18. The summed E-state index contributed by atoms with van der Waals surface area (Å²) in [7, 11) is -1.98. The number of hydrogen-bond acceptors (Lipinski definition) is 6. The van der Waals surface area contributed by atoms with Crippen molar-refractivity contribution in [2.75, 3.05) is 52.4 Å². The monoisotopic (exact) mass is 587 g/mol. The van der Waals surface area contributed by atoms with Crippen molar-refractivity contribution >= 4 is 43.4 Å². The molecule has 2 N–H and O–H groups in total. The zero-order valence-electron chi connectivity index (χ0n) is 23.3. The first kappa shape index (κ1) is 31.3. The highest BCUT2D eigenvalue weighted by Crippen LogP contribution is 2.37. The fourth-order valence-electron chi connectivity index (χ4n) is 4.65.